The first-order valence-electron chi connectivity index (χ1n) is 0. The molecule has 32 valence electrons. The van der Waals surface area contributed by atoms with Gasteiger partial charge in [-0.2, -0.15) is 9.90 Å². The molecule has 0 amide bonds. The van der Waals surface area contributed by atoms with E-state index in [1.807, 2.05) is 0 Å². The Balaban J connectivity index is 0. The molecule has 0 aromatic rings. The van der Waals surface area contributed by atoms with Crippen LogP contribution < -0.4 is 0 Å². The summed E-state index contributed by atoms with van der Waals surface area (Å²) < 4.78 is 0. The van der Waals surface area contributed by atoms with Gasteiger partial charge in [0.25, 0.3) is 0 Å². The van der Waals surface area contributed by atoms with E-state index in [1.54, 1.807) is 0 Å². The summed E-state index contributed by atoms with van der Waals surface area (Å²) >= 11 is 0. The molecule has 1 atom stereocenters. The summed E-state index contributed by atoms with van der Waals surface area (Å²) in [6, 6.07) is 0. The average molecular weight is 176 g/mol. The second-order valence-electron chi connectivity index (χ2n) is 0. The van der Waals surface area contributed by atoms with Crippen molar-refractivity contribution in [3.05, 3.63) is 0 Å². The Morgan fingerprint density at radius 3 is 1.00 bits per heavy atom. The molecular formula is H11AlBCaFeP. The predicted octanol–water partition coefficient (Wildman–Crippen LogP) is -3.23. The van der Waals surface area contributed by atoms with Crippen molar-refractivity contribution in [1.82, 2.24) is 0 Å². The molecule has 0 nitrogen and oxygen atoms in total. The van der Waals surface area contributed by atoms with Crippen LogP contribution in [0.3, 0.4) is 0 Å². The number of hydrogen-bond acceptors (Lipinski definition) is 0. The summed E-state index contributed by atoms with van der Waals surface area (Å²) in [5, 5.41) is 0. The van der Waals surface area contributed by atoms with Gasteiger partial charge in [-0.3, -0.25) is 0 Å². The SMILES string of the molecule is B.P.[AlH3].[CaH2].[Fe]. The fourth-order valence-electron chi connectivity index (χ4n) is 0. The van der Waals surface area contributed by atoms with Crippen molar-refractivity contribution >= 4 is 73.4 Å². The summed E-state index contributed by atoms with van der Waals surface area (Å²) in [6.07, 6.45) is 0. The van der Waals surface area contributed by atoms with E-state index in [4.69, 9.17) is 0 Å². The van der Waals surface area contributed by atoms with E-state index >= 15 is 0 Å². The van der Waals surface area contributed by atoms with Crippen LogP contribution in [-0.2, 0) is 17.1 Å². The molecule has 0 aliphatic heterocycles. The fourth-order valence-corrected chi connectivity index (χ4v) is 0. The van der Waals surface area contributed by atoms with E-state index in [9.17, 15) is 0 Å². The van der Waals surface area contributed by atoms with E-state index < -0.39 is 0 Å². The van der Waals surface area contributed by atoms with Crippen LogP contribution in [0.4, 0.5) is 0 Å². The first-order chi connectivity index (χ1) is 0. The fraction of sp³-hybridized carbons (Fsp3) is 0. The first kappa shape index (κ1) is 45.9. The zero-order valence-electron chi connectivity index (χ0n) is 1.06. The molecule has 0 saturated heterocycles. The minimum absolute atomic E-state index is 0. The van der Waals surface area contributed by atoms with Crippen LogP contribution in [-0.4, -0.2) is 63.5 Å². The molecular weight excluding hydrogens is 165 g/mol. The monoisotopic (exact) mass is 176 g/mol. The van der Waals surface area contributed by atoms with Gasteiger partial charge < -0.3 is 0 Å². The predicted molar refractivity (Wildman–Crippen MR) is 39.5 cm³/mol. The van der Waals surface area contributed by atoms with Gasteiger partial charge in [0.1, 0.15) is 0 Å². The minimum atomic E-state index is 0. The van der Waals surface area contributed by atoms with E-state index in [2.05, 4.69) is 0 Å². The van der Waals surface area contributed by atoms with Crippen molar-refractivity contribution in [2.45, 2.75) is 0 Å². The van der Waals surface area contributed by atoms with Crippen LogP contribution >= 0.6 is 9.90 Å². The summed E-state index contributed by atoms with van der Waals surface area (Å²) in [7, 11) is 0. The van der Waals surface area contributed by atoms with Crippen molar-refractivity contribution in [3.8, 4) is 0 Å². The number of rotatable bonds is 0. The molecule has 0 radical (unpaired) electrons. The largest absolute Gasteiger partial charge is 0 e. The van der Waals surface area contributed by atoms with Gasteiger partial charge in [0.05, 0.1) is 8.41 Å². The molecule has 0 N–H and O–H groups in total. The van der Waals surface area contributed by atoms with Crippen molar-refractivity contribution in [3.63, 3.8) is 0 Å². The maximum absolute atomic E-state index is 0. The van der Waals surface area contributed by atoms with Crippen LogP contribution in [0.5, 0.6) is 0 Å². The third-order valence-electron chi connectivity index (χ3n) is 0. The van der Waals surface area contributed by atoms with E-state index in [1.165, 1.54) is 0 Å². The molecule has 1 unspecified atom stereocenters. The van der Waals surface area contributed by atoms with Gasteiger partial charge in [-0.25, -0.2) is 0 Å². The van der Waals surface area contributed by atoms with Gasteiger partial charge in [0.2, 0.25) is 0 Å². The maximum atomic E-state index is 0. The van der Waals surface area contributed by atoms with Gasteiger partial charge in [-0.05, 0) is 0 Å². The van der Waals surface area contributed by atoms with Crippen LogP contribution in [0.2, 0.25) is 0 Å². The maximum Gasteiger partial charge on any atom is 0 e. The van der Waals surface area contributed by atoms with Gasteiger partial charge in [-0.1, -0.05) is 0 Å². The summed E-state index contributed by atoms with van der Waals surface area (Å²) in [6.45, 7) is 0. The summed E-state index contributed by atoms with van der Waals surface area (Å²) in [4.78, 5) is 0. The minimum Gasteiger partial charge on any atom is 0 e. The van der Waals surface area contributed by atoms with Crippen LogP contribution in [0.1, 0.15) is 0 Å². The molecule has 5 heteroatoms. The Hall–Kier alpha value is 2.81. The molecule has 0 aromatic carbocycles. The van der Waals surface area contributed by atoms with Crippen molar-refractivity contribution in [2.24, 2.45) is 0 Å². The second kappa shape index (κ2) is 29.1. The third kappa shape index (κ3) is 20.0. The molecule has 0 aliphatic rings. The second-order valence-corrected chi connectivity index (χ2v) is 0. The van der Waals surface area contributed by atoms with E-state index in [-0.39, 0.29) is 90.5 Å². The molecule has 0 heterocycles. The Labute approximate surface area is 89.0 Å². The standard InChI is InChI=1S/Al.BH3.Ca.Fe.H3P.5H/h;1H3;;;1H3;;;;;. The Kier molecular flexibility index (Phi) is 268. The number of hydrogen-bond donors (Lipinski definition) is 0. The zero-order chi connectivity index (χ0) is 0. The Bertz CT molecular complexity index is 11.6. The zero-order valence-corrected chi connectivity index (χ0v) is 3.58. The van der Waals surface area contributed by atoms with Gasteiger partial charge >= 0.3 is 37.7 Å². The summed E-state index contributed by atoms with van der Waals surface area (Å²) in [5.41, 5.74) is 0. The molecule has 0 rings (SSSR count). The van der Waals surface area contributed by atoms with E-state index in [0.29, 0.717) is 0 Å². The molecule has 0 spiro atoms. The van der Waals surface area contributed by atoms with Gasteiger partial charge in [0.15, 0.2) is 17.4 Å². The smallest absolute Gasteiger partial charge is 0 e. The van der Waals surface area contributed by atoms with Crippen molar-refractivity contribution in [2.75, 3.05) is 0 Å². The third-order valence-corrected chi connectivity index (χ3v) is 0. The molecule has 5 heavy (non-hydrogen) atoms. The van der Waals surface area contributed by atoms with Gasteiger partial charge in [-0.15, -0.1) is 0 Å². The quantitative estimate of drug-likeness (QED) is 0.269. The van der Waals surface area contributed by atoms with Crippen LogP contribution in [0, 0.1) is 0 Å². The molecule has 0 fully saturated rings. The van der Waals surface area contributed by atoms with Crippen LogP contribution in [0.15, 0.2) is 0 Å². The van der Waals surface area contributed by atoms with Gasteiger partial charge in [0, 0.05) is 17.1 Å². The Morgan fingerprint density at radius 1 is 1.00 bits per heavy atom. The topological polar surface area (TPSA) is 0 Å². The first-order valence-corrected chi connectivity index (χ1v) is 0. The van der Waals surface area contributed by atoms with Crippen LogP contribution in [0.25, 0.3) is 0 Å². The van der Waals surface area contributed by atoms with Crippen molar-refractivity contribution in [1.29, 1.82) is 0 Å². The normalized spacial score (nSPS) is 0. The Morgan fingerprint density at radius 2 is 1.00 bits per heavy atom. The molecule has 0 saturated carbocycles. The van der Waals surface area contributed by atoms with Crippen molar-refractivity contribution < 1.29 is 17.1 Å². The molecule has 0 aromatic heterocycles. The molecule has 0 bridgehead atoms. The summed E-state index contributed by atoms with van der Waals surface area (Å²) in [5.74, 6) is 0. The average Bonchev–Trinajstić information content (AvgIpc) is 0. The molecule has 0 aliphatic carbocycles. The van der Waals surface area contributed by atoms with E-state index in [0.717, 1.165) is 0 Å².